The molecule has 1 aromatic rings. The molecule has 0 aliphatic heterocycles. The third-order valence-electron chi connectivity index (χ3n) is 2.36. The maximum atomic E-state index is 12.2. The first-order valence-electron chi connectivity index (χ1n) is 5.08. The van der Waals surface area contributed by atoms with Gasteiger partial charge >= 0.3 is 0 Å². The zero-order valence-corrected chi connectivity index (χ0v) is 12.4. The fourth-order valence-electron chi connectivity index (χ4n) is 1.28. The van der Waals surface area contributed by atoms with Crippen molar-refractivity contribution < 1.29 is 8.42 Å². The fraction of sp³-hybridized carbons (Fsp3) is 0.364. The van der Waals surface area contributed by atoms with Gasteiger partial charge in [-0.25, -0.2) is 12.7 Å². The van der Waals surface area contributed by atoms with Crippen molar-refractivity contribution in [3.8, 4) is 6.07 Å². The molecule has 0 radical (unpaired) electrons. The summed E-state index contributed by atoms with van der Waals surface area (Å²) in [5, 5.41) is 8.92. The van der Waals surface area contributed by atoms with Crippen LogP contribution in [0.3, 0.4) is 0 Å². The van der Waals surface area contributed by atoms with Crippen molar-refractivity contribution >= 4 is 33.4 Å². The molecule has 0 amide bonds. The molecule has 0 aromatic heterocycles. The Morgan fingerprint density at radius 3 is 2.72 bits per heavy atom. The number of sulfonamides is 1. The van der Waals surface area contributed by atoms with Gasteiger partial charge in [0.1, 0.15) is 4.90 Å². The van der Waals surface area contributed by atoms with Crippen molar-refractivity contribution in [3.05, 3.63) is 28.8 Å². The Morgan fingerprint density at radius 2 is 2.17 bits per heavy atom. The van der Waals surface area contributed by atoms with Crippen LogP contribution in [0.5, 0.6) is 0 Å². The molecule has 7 heteroatoms. The monoisotopic (exact) mass is 304 g/mol. The van der Waals surface area contributed by atoms with Gasteiger partial charge in [-0.3, -0.25) is 0 Å². The summed E-state index contributed by atoms with van der Waals surface area (Å²) >= 11 is 7.46. The van der Waals surface area contributed by atoms with Gasteiger partial charge in [-0.05, 0) is 24.5 Å². The van der Waals surface area contributed by atoms with Crippen LogP contribution >= 0.6 is 23.4 Å². The van der Waals surface area contributed by atoms with Gasteiger partial charge in [0.15, 0.2) is 0 Å². The minimum absolute atomic E-state index is 0.0215. The lowest BCUT2D eigenvalue weighted by Gasteiger charge is -2.17. The van der Waals surface area contributed by atoms with E-state index < -0.39 is 10.0 Å². The largest absolute Gasteiger partial charge is 0.244 e. The van der Waals surface area contributed by atoms with Gasteiger partial charge in [0, 0.05) is 19.3 Å². The standard InChI is InChI=1S/C11H13ClN2O2S2/c1-14(5-6-17-2)18(15,16)11-7-9(8-13)3-4-10(11)12/h3-4,7H,5-6H2,1-2H3. The quantitative estimate of drug-likeness (QED) is 0.836. The van der Waals surface area contributed by atoms with Gasteiger partial charge in [0.2, 0.25) is 10.0 Å². The Morgan fingerprint density at radius 1 is 1.50 bits per heavy atom. The molecule has 0 saturated heterocycles. The summed E-state index contributed by atoms with van der Waals surface area (Å²) in [5.74, 6) is 0.700. The molecule has 0 aliphatic carbocycles. The molecule has 1 rings (SSSR count). The van der Waals surface area contributed by atoms with Crippen molar-refractivity contribution in [3.63, 3.8) is 0 Å². The average Bonchev–Trinajstić information content (AvgIpc) is 2.36. The molecule has 18 heavy (non-hydrogen) atoms. The predicted molar refractivity (Wildman–Crippen MR) is 74.4 cm³/mol. The van der Waals surface area contributed by atoms with Gasteiger partial charge < -0.3 is 0 Å². The molecular weight excluding hydrogens is 292 g/mol. The minimum Gasteiger partial charge on any atom is -0.207 e. The second-order valence-corrected chi connectivity index (χ2v) is 6.98. The van der Waals surface area contributed by atoms with Crippen molar-refractivity contribution in [1.82, 2.24) is 4.31 Å². The highest BCUT2D eigenvalue weighted by Crippen LogP contribution is 2.25. The fourth-order valence-corrected chi connectivity index (χ4v) is 3.52. The first kappa shape index (κ1) is 15.3. The molecule has 0 atom stereocenters. The number of nitriles is 1. The summed E-state index contributed by atoms with van der Waals surface area (Å²) in [6.45, 7) is 0.399. The van der Waals surface area contributed by atoms with Crippen molar-refractivity contribution in [2.75, 3.05) is 25.6 Å². The highest BCUT2D eigenvalue weighted by atomic mass is 35.5. The van der Waals surface area contributed by atoms with E-state index in [1.807, 2.05) is 12.3 Å². The summed E-state index contributed by atoms with van der Waals surface area (Å²) in [5.41, 5.74) is 0.274. The molecule has 0 aliphatic rings. The summed E-state index contributed by atoms with van der Waals surface area (Å²) in [4.78, 5) is -0.0215. The maximum absolute atomic E-state index is 12.2. The molecule has 0 N–H and O–H groups in total. The first-order chi connectivity index (χ1) is 8.43. The number of nitrogens with zero attached hydrogens (tertiary/aromatic N) is 2. The normalized spacial score (nSPS) is 11.5. The van der Waals surface area contributed by atoms with Crippen LogP contribution in [-0.2, 0) is 10.0 Å². The molecule has 0 bridgehead atoms. The van der Waals surface area contributed by atoms with Crippen LogP contribution in [0, 0.1) is 11.3 Å². The summed E-state index contributed by atoms with van der Waals surface area (Å²) in [6.07, 6.45) is 1.91. The Labute approximate surface area is 117 Å². The van der Waals surface area contributed by atoms with Crippen molar-refractivity contribution in [2.24, 2.45) is 0 Å². The van der Waals surface area contributed by atoms with Crippen LogP contribution in [0.1, 0.15) is 5.56 Å². The van der Waals surface area contributed by atoms with Crippen LogP contribution in [-0.4, -0.2) is 38.3 Å². The predicted octanol–water partition coefficient (Wildman–Crippen LogP) is 2.20. The lowest BCUT2D eigenvalue weighted by molar-refractivity contribution is 0.488. The number of halogens is 1. The zero-order chi connectivity index (χ0) is 13.8. The maximum Gasteiger partial charge on any atom is 0.244 e. The summed E-state index contributed by atoms with van der Waals surface area (Å²) < 4.78 is 25.7. The van der Waals surface area contributed by atoms with Gasteiger partial charge in [0.25, 0.3) is 0 Å². The lowest BCUT2D eigenvalue weighted by atomic mass is 10.2. The highest BCUT2D eigenvalue weighted by molar-refractivity contribution is 7.98. The van der Waals surface area contributed by atoms with Crippen LogP contribution in [0.15, 0.2) is 23.1 Å². The Kier molecular flexibility index (Phi) is 5.47. The second kappa shape index (κ2) is 6.43. The van der Waals surface area contributed by atoms with Gasteiger partial charge in [0.05, 0.1) is 16.7 Å². The Bertz CT molecular complexity index is 567. The molecule has 98 valence electrons. The smallest absolute Gasteiger partial charge is 0.207 e. The molecule has 4 nitrogen and oxygen atoms in total. The number of hydrogen-bond acceptors (Lipinski definition) is 4. The lowest BCUT2D eigenvalue weighted by Crippen LogP contribution is -2.29. The molecule has 0 saturated carbocycles. The third kappa shape index (κ3) is 3.39. The van der Waals surface area contributed by atoms with E-state index in [4.69, 9.17) is 16.9 Å². The van der Waals surface area contributed by atoms with E-state index in [9.17, 15) is 8.42 Å². The minimum atomic E-state index is -3.64. The molecule has 0 spiro atoms. The Hall–Kier alpha value is -0.740. The van der Waals surface area contributed by atoms with E-state index >= 15 is 0 Å². The topological polar surface area (TPSA) is 61.2 Å². The van der Waals surface area contributed by atoms with Gasteiger partial charge in [-0.1, -0.05) is 11.6 Å². The molecule has 1 aromatic carbocycles. The van der Waals surface area contributed by atoms with Gasteiger partial charge in [-0.2, -0.15) is 17.0 Å². The average molecular weight is 305 g/mol. The molecular formula is C11H13ClN2O2S2. The number of rotatable bonds is 5. The Balaban J connectivity index is 3.16. The van der Waals surface area contributed by atoms with Crippen LogP contribution < -0.4 is 0 Å². The summed E-state index contributed by atoms with van der Waals surface area (Å²) in [6, 6.07) is 6.12. The van der Waals surface area contributed by atoms with Crippen LogP contribution in [0.4, 0.5) is 0 Å². The number of thioether (sulfide) groups is 1. The zero-order valence-electron chi connectivity index (χ0n) is 10.1. The van der Waals surface area contributed by atoms with Crippen molar-refractivity contribution in [2.45, 2.75) is 4.90 Å². The molecule has 0 fully saturated rings. The molecule has 0 unspecified atom stereocenters. The van der Waals surface area contributed by atoms with Crippen molar-refractivity contribution in [1.29, 1.82) is 5.26 Å². The summed E-state index contributed by atoms with van der Waals surface area (Å²) in [7, 11) is -2.14. The molecule has 0 heterocycles. The highest BCUT2D eigenvalue weighted by Gasteiger charge is 2.23. The van der Waals surface area contributed by atoms with E-state index in [-0.39, 0.29) is 15.5 Å². The van der Waals surface area contributed by atoms with Crippen LogP contribution in [0.2, 0.25) is 5.02 Å². The van der Waals surface area contributed by atoms with E-state index in [0.717, 1.165) is 0 Å². The number of benzene rings is 1. The van der Waals surface area contributed by atoms with E-state index in [1.165, 1.54) is 29.6 Å². The van der Waals surface area contributed by atoms with E-state index in [0.29, 0.717) is 12.3 Å². The van der Waals surface area contributed by atoms with E-state index in [2.05, 4.69) is 0 Å². The SMILES string of the molecule is CSCCN(C)S(=O)(=O)c1cc(C#N)ccc1Cl. The second-order valence-electron chi connectivity index (χ2n) is 3.58. The number of hydrogen-bond donors (Lipinski definition) is 0. The van der Waals surface area contributed by atoms with Crippen LogP contribution in [0.25, 0.3) is 0 Å². The third-order valence-corrected chi connectivity index (χ3v) is 5.29. The van der Waals surface area contributed by atoms with E-state index in [1.54, 1.807) is 11.8 Å². The first-order valence-corrected chi connectivity index (χ1v) is 8.29. The van der Waals surface area contributed by atoms with Gasteiger partial charge in [-0.15, -0.1) is 0 Å².